The van der Waals surface area contributed by atoms with Crippen LogP contribution in [0.2, 0.25) is 0 Å². The van der Waals surface area contributed by atoms with E-state index < -0.39 is 11.7 Å². The van der Waals surface area contributed by atoms with Gasteiger partial charge in [-0.3, -0.25) is 10.4 Å². The van der Waals surface area contributed by atoms with Gasteiger partial charge >= 0.3 is 6.09 Å². The number of rotatable bonds is 5. The number of hydrogen-bond acceptors (Lipinski definition) is 5. The van der Waals surface area contributed by atoms with E-state index in [1.165, 1.54) is 0 Å². The number of nitrogens with one attached hydrogen (secondary N) is 2. The molecule has 4 rings (SSSR count). The summed E-state index contributed by atoms with van der Waals surface area (Å²) in [6.07, 6.45) is 1.17. The van der Waals surface area contributed by atoms with Gasteiger partial charge in [-0.05, 0) is 51.0 Å². The molecule has 37 heavy (non-hydrogen) atoms. The molecular weight excluding hydrogens is 464 g/mol. The third-order valence-electron chi connectivity index (χ3n) is 5.40. The molecule has 188 valence electrons. The molecule has 0 saturated heterocycles. The van der Waals surface area contributed by atoms with E-state index in [0.717, 1.165) is 33.3 Å². The van der Waals surface area contributed by atoms with Crippen LogP contribution in [0.1, 0.15) is 39.0 Å². The highest BCUT2D eigenvalue weighted by atomic mass is 16.6. The average Bonchev–Trinajstić information content (AvgIpc) is 2.86. The predicted octanol–water partition coefficient (Wildman–Crippen LogP) is 5.69. The molecule has 0 atom stereocenters. The third kappa shape index (κ3) is 6.35. The van der Waals surface area contributed by atoms with E-state index in [2.05, 4.69) is 15.3 Å². The minimum Gasteiger partial charge on any atom is -0.444 e. The topological polar surface area (TPSA) is 126 Å². The first kappa shape index (κ1) is 25.5. The van der Waals surface area contributed by atoms with Gasteiger partial charge in [0.15, 0.2) is 5.84 Å². The van der Waals surface area contributed by atoms with Crippen LogP contribution in [0.15, 0.2) is 77.9 Å². The van der Waals surface area contributed by atoms with Crippen LogP contribution in [0.3, 0.4) is 0 Å². The number of nitrogens with zero attached hydrogens (tertiary/aromatic N) is 3. The lowest BCUT2D eigenvalue weighted by Gasteiger charge is -2.19. The Kier molecular flexibility index (Phi) is 7.29. The van der Waals surface area contributed by atoms with Crippen LogP contribution in [0.25, 0.3) is 33.3 Å². The number of aromatic nitrogens is 2. The third-order valence-corrected chi connectivity index (χ3v) is 5.40. The summed E-state index contributed by atoms with van der Waals surface area (Å²) in [4.78, 5) is 25.5. The first-order valence-electron chi connectivity index (χ1n) is 11.9. The molecule has 0 aliphatic rings. The van der Waals surface area contributed by atoms with E-state index in [9.17, 15) is 4.79 Å². The van der Waals surface area contributed by atoms with E-state index in [-0.39, 0.29) is 11.7 Å². The van der Waals surface area contributed by atoms with Crippen LogP contribution < -0.4 is 11.1 Å². The summed E-state index contributed by atoms with van der Waals surface area (Å²) >= 11 is 0. The number of fused-ring (bicyclic) bond motifs is 1. The molecule has 2 heterocycles. The van der Waals surface area contributed by atoms with Crippen LogP contribution in [0, 0.1) is 5.41 Å². The van der Waals surface area contributed by atoms with Gasteiger partial charge in [0.2, 0.25) is 0 Å². The van der Waals surface area contributed by atoms with Gasteiger partial charge in [-0.1, -0.05) is 54.6 Å². The quantitative estimate of drug-likeness (QED) is 0.243. The van der Waals surface area contributed by atoms with Gasteiger partial charge in [-0.25, -0.2) is 14.8 Å². The highest BCUT2D eigenvalue weighted by molar-refractivity contribution is 6.11. The number of carbonyl (C=O) groups excluding carboxylic acids is 1. The Morgan fingerprint density at radius 3 is 2.41 bits per heavy atom. The second-order valence-electron chi connectivity index (χ2n) is 9.63. The van der Waals surface area contributed by atoms with E-state index in [1.54, 1.807) is 13.1 Å². The molecule has 2 aromatic carbocycles. The number of alkyl carbamates (subject to hydrolysis) is 1. The fourth-order valence-corrected chi connectivity index (χ4v) is 3.84. The number of amides is 1. The average molecular weight is 495 g/mol. The molecule has 0 saturated carbocycles. The van der Waals surface area contributed by atoms with Gasteiger partial charge in [0.05, 0.1) is 17.0 Å². The summed E-state index contributed by atoms with van der Waals surface area (Å²) in [5.41, 5.74) is 10.8. The van der Waals surface area contributed by atoms with Crippen LogP contribution in [0.5, 0.6) is 0 Å². The molecule has 0 aliphatic carbocycles. The van der Waals surface area contributed by atoms with Gasteiger partial charge in [0, 0.05) is 29.3 Å². The van der Waals surface area contributed by atoms with Crippen molar-refractivity contribution in [1.82, 2.24) is 15.3 Å². The second-order valence-corrected chi connectivity index (χ2v) is 9.63. The molecule has 4 N–H and O–H groups in total. The number of ether oxygens (including phenoxy) is 1. The molecular formula is C29H30N6O2. The summed E-state index contributed by atoms with van der Waals surface area (Å²) in [6, 6.07) is 21.7. The van der Waals surface area contributed by atoms with Crippen molar-refractivity contribution >= 4 is 28.7 Å². The van der Waals surface area contributed by atoms with E-state index >= 15 is 0 Å². The molecule has 4 aromatic rings. The van der Waals surface area contributed by atoms with Crippen molar-refractivity contribution in [2.45, 2.75) is 39.8 Å². The molecule has 0 unspecified atom stereocenters. The molecule has 8 nitrogen and oxygen atoms in total. The van der Waals surface area contributed by atoms with E-state index in [1.807, 2.05) is 87.5 Å². The maximum absolute atomic E-state index is 12.0. The highest BCUT2D eigenvalue weighted by Crippen LogP contribution is 2.34. The summed E-state index contributed by atoms with van der Waals surface area (Å²) in [5, 5.41) is 11.9. The Morgan fingerprint density at radius 2 is 1.76 bits per heavy atom. The minimum atomic E-state index is -0.549. The largest absolute Gasteiger partial charge is 0.444 e. The van der Waals surface area contributed by atoms with Crippen molar-refractivity contribution < 1.29 is 9.53 Å². The Bertz CT molecular complexity index is 1470. The molecule has 8 heteroatoms. The molecule has 0 aliphatic heterocycles. The fraction of sp³-hybridized carbons (Fsp3) is 0.207. The molecule has 1 amide bonds. The Labute approximate surface area is 216 Å². The Balaban J connectivity index is 1.73. The molecule has 0 spiro atoms. The Hall–Kier alpha value is -4.59. The molecule has 2 aromatic heterocycles. The fourth-order valence-electron chi connectivity index (χ4n) is 3.84. The van der Waals surface area contributed by atoms with Gasteiger partial charge < -0.3 is 15.8 Å². The van der Waals surface area contributed by atoms with Gasteiger partial charge in [-0.2, -0.15) is 0 Å². The van der Waals surface area contributed by atoms with Crippen LogP contribution in [0.4, 0.5) is 4.79 Å². The van der Waals surface area contributed by atoms with Crippen molar-refractivity contribution in [3.05, 3.63) is 84.2 Å². The highest BCUT2D eigenvalue weighted by Gasteiger charge is 2.17. The zero-order valence-corrected chi connectivity index (χ0v) is 21.4. The number of benzene rings is 2. The number of hydrogen-bond donors (Lipinski definition) is 3. The molecule has 0 bridgehead atoms. The lowest BCUT2D eigenvalue weighted by molar-refractivity contribution is 0.0523. The van der Waals surface area contributed by atoms with Crippen LogP contribution in [-0.4, -0.2) is 33.3 Å². The second kappa shape index (κ2) is 10.6. The zero-order valence-electron chi connectivity index (χ0n) is 21.4. The van der Waals surface area contributed by atoms with Crippen molar-refractivity contribution in [3.8, 4) is 22.4 Å². The summed E-state index contributed by atoms with van der Waals surface area (Å²) in [6.45, 7) is 7.48. The smallest absolute Gasteiger partial charge is 0.407 e. The zero-order chi connectivity index (χ0) is 26.6. The number of amidine groups is 2. The lowest BCUT2D eigenvalue weighted by Crippen LogP contribution is -2.32. The van der Waals surface area contributed by atoms with Gasteiger partial charge in [0.1, 0.15) is 11.3 Å². The number of carbonyl (C=O) groups is 1. The number of pyridine rings is 2. The molecule has 0 radical (unpaired) electrons. The normalized spacial score (nSPS) is 11.8. The lowest BCUT2D eigenvalue weighted by atomic mass is 9.96. The van der Waals surface area contributed by atoms with E-state index in [0.29, 0.717) is 17.8 Å². The van der Waals surface area contributed by atoms with Crippen molar-refractivity contribution in [3.63, 3.8) is 0 Å². The number of aliphatic imine (C=N–C) groups is 1. The first-order valence-corrected chi connectivity index (χ1v) is 11.9. The number of nitrogens with two attached hydrogens (primary N) is 1. The van der Waals surface area contributed by atoms with Crippen molar-refractivity contribution in [2.75, 3.05) is 0 Å². The predicted molar refractivity (Wildman–Crippen MR) is 148 cm³/mol. The van der Waals surface area contributed by atoms with Crippen LogP contribution >= 0.6 is 0 Å². The Morgan fingerprint density at radius 1 is 1.05 bits per heavy atom. The van der Waals surface area contributed by atoms with E-state index in [4.69, 9.17) is 20.9 Å². The summed E-state index contributed by atoms with van der Waals surface area (Å²) in [5.74, 6) is 0.277. The van der Waals surface area contributed by atoms with Crippen LogP contribution in [-0.2, 0) is 11.3 Å². The maximum Gasteiger partial charge on any atom is 0.407 e. The van der Waals surface area contributed by atoms with Gasteiger partial charge in [-0.15, -0.1) is 0 Å². The maximum atomic E-state index is 12.0. The minimum absolute atomic E-state index is 0.0130. The molecule has 0 fully saturated rings. The summed E-state index contributed by atoms with van der Waals surface area (Å²) in [7, 11) is 0. The first-order chi connectivity index (χ1) is 17.6. The van der Waals surface area contributed by atoms with Crippen molar-refractivity contribution in [2.24, 2.45) is 10.7 Å². The standard InChI is InChI=1S/C29H30N6O2/c1-18(30)34-27(31)26-23-16-22(20-8-6-5-7-9-20)25(35-24(23)14-15-32-26)21-12-10-19(11-13-21)17-33-28(36)37-29(2,3)4/h5-16H,17H2,1-4H3,(H,33,36)(H3,30,31,34). The van der Waals surface area contributed by atoms with Gasteiger partial charge in [0.25, 0.3) is 0 Å². The monoisotopic (exact) mass is 494 g/mol. The van der Waals surface area contributed by atoms with Crippen molar-refractivity contribution in [1.29, 1.82) is 5.41 Å². The summed E-state index contributed by atoms with van der Waals surface area (Å²) < 4.78 is 5.31. The SMILES string of the molecule is CC(N)=NC(=N)c1nccc2nc(-c3ccc(CNC(=O)OC(C)(C)C)cc3)c(-c3ccccc3)cc12.